The van der Waals surface area contributed by atoms with Crippen LogP contribution in [0.3, 0.4) is 0 Å². The van der Waals surface area contributed by atoms with Gasteiger partial charge in [-0.2, -0.15) is 0 Å². The summed E-state index contributed by atoms with van der Waals surface area (Å²) in [7, 11) is 5.88. The minimum atomic E-state index is -0.174. The van der Waals surface area contributed by atoms with Crippen LogP contribution in [0.25, 0.3) is 0 Å². The van der Waals surface area contributed by atoms with Gasteiger partial charge in [-0.25, -0.2) is 4.39 Å². The third-order valence-corrected chi connectivity index (χ3v) is 2.83. The van der Waals surface area contributed by atoms with Crippen molar-refractivity contribution in [1.82, 2.24) is 5.32 Å². The highest BCUT2D eigenvalue weighted by Crippen LogP contribution is 2.24. The van der Waals surface area contributed by atoms with Crippen molar-refractivity contribution in [3.8, 4) is 0 Å². The van der Waals surface area contributed by atoms with Crippen molar-refractivity contribution in [2.24, 2.45) is 0 Å². The molecule has 0 aliphatic heterocycles. The van der Waals surface area contributed by atoms with E-state index < -0.39 is 0 Å². The topological polar surface area (TPSA) is 15.3 Å². The molecule has 0 spiro atoms. The maximum atomic E-state index is 13.3. The van der Waals surface area contributed by atoms with E-state index in [1.54, 1.807) is 6.07 Å². The molecule has 0 fully saturated rings. The van der Waals surface area contributed by atoms with Gasteiger partial charge in [-0.1, -0.05) is 0 Å². The maximum Gasteiger partial charge on any atom is 0.123 e. The van der Waals surface area contributed by atoms with Crippen LogP contribution in [-0.2, 0) is 6.42 Å². The highest BCUT2D eigenvalue weighted by molar-refractivity contribution is 5.53. The summed E-state index contributed by atoms with van der Waals surface area (Å²) in [4.78, 5) is 2.01. The van der Waals surface area contributed by atoms with Crippen LogP contribution in [0.15, 0.2) is 18.2 Å². The van der Waals surface area contributed by atoms with Crippen molar-refractivity contribution in [1.29, 1.82) is 0 Å². The molecule has 16 heavy (non-hydrogen) atoms. The van der Waals surface area contributed by atoms with E-state index in [1.807, 2.05) is 32.1 Å². The number of hydrogen-bond donors (Lipinski definition) is 1. The number of hydrogen-bond acceptors (Lipinski definition) is 2. The second kappa shape index (κ2) is 4.83. The van der Waals surface area contributed by atoms with Crippen molar-refractivity contribution in [2.45, 2.75) is 25.8 Å². The standard InChI is InChI=1S/C13H21FN2/c1-13(2,15-3)9-10-8-11(14)6-7-12(10)16(4)5/h6-8,15H,9H2,1-5H3. The van der Waals surface area contributed by atoms with Gasteiger partial charge in [0, 0.05) is 25.3 Å². The summed E-state index contributed by atoms with van der Waals surface area (Å²) in [6.07, 6.45) is 0.800. The Balaban J connectivity index is 3.06. The lowest BCUT2D eigenvalue weighted by atomic mass is 9.94. The zero-order chi connectivity index (χ0) is 12.3. The molecule has 1 N–H and O–H groups in total. The molecule has 0 radical (unpaired) electrons. The average Bonchev–Trinajstić information content (AvgIpc) is 2.16. The Hall–Kier alpha value is -1.09. The van der Waals surface area contributed by atoms with Gasteiger partial charge in [0.15, 0.2) is 0 Å². The third-order valence-electron chi connectivity index (χ3n) is 2.83. The lowest BCUT2D eigenvalue weighted by Crippen LogP contribution is -2.38. The third kappa shape index (κ3) is 3.20. The number of rotatable bonds is 4. The van der Waals surface area contributed by atoms with Crippen LogP contribution >= 0.6 is 0 Å². The van der Waals surface area contributed by atoms with Gasteiger partial charge in [0.05, 0.1) is 0 Å². The zero-order valence-corrected chi connectivity index (χ0v) is 10.8. The van der Waals surface area contributed by atoms with E-state index in [-0.39, 0.29) is 11.4 Å². The molecule has 0 unspecified atom stereocenters. The van der Waals surface area contributed by atoms with Crippen molar-refractivity contribution >= 4 is 5.69 Å². The molecule has 0 aromatic heterocycles. The summed E-state index contributed by atoms with van der Waals surface area (Å²) in [5.74, 6) is -0.174. The van der Waals surface area contributed by atoms with E-state index in [0.29, 0.717) is 0 Å². The number of likely N-dealkylation sites (N-methyl/N-ethyl adjacent to an activating group) is 1. The average molecular weight is 224 g/mol. The Labute approximate surface area is 97.5 Å². The molecule has 0 atom stereocenters. The summed E-state index contributed by atoms with van der Waals surface area (Å²) in [6, 6.07) is 4.95. The van der Waals surface area contributed by atoms with Gasteiger partial charge in [0.2, 0.25) is 0 Å². The van der Waals surface area contributed by atoms with Gasteiger partial charge in [-0.3, -0.25) is 0 Å². The normalized spacial score (nSPS) is 11.6. The fourth-order valence-corrected chi connectivity index (χ4v) is 1.70. The van der Waals surface area contributed by atoms with E-state index in [9.17, 15) is 4.39 Å². The number of halogens is 1. The maximum absolute atomic E-state index is 13.3. The predicted octanol–water partition coefficient (Wildman–Crippen LogP) is 2.43. The highest BCUT2D eigenvalue weighted by Gasteiger charge is 2.18. The van der Waals surface area contributed by atoms with Crippen LogP contribution in [0, 0.1) is 5.82 Å². The summed E-state index contributed by atoms with van der Waals surface area (Å²) in [5.41, 5.74) is 2.08. The fourth-order valence-electron chi connectivity index (χ4n) is 1.70. The second-order valence-electron chi connectivity index (χ2n) is 4.98. The minimum absolute atomic E-state index is 0.0292. The van der Waals surface area contributed by atoms with Gasteiger partial charge in [0.25, 0.3) is 0 Å². The molecular formula is C13H21FN2. The van der Waals surface area contributed by atoms with Crippen molar-refractivity contribution in [2.75, 3.05) is 26.0 Å². The Morgan fingerprint density at radius 2 is 1.94 bits per heavy atom. The monoisotopic (exact) mass is 224 g/mol. The first-order valence-corrected chi connectivity index (χ1v) is 5.50. The molecule has 3 heteroatoms. The SMILES string of the molecule is CNC(C)(C)Cc1cc(F)ccc1N(C)C. The largest absolute Gasteiger partial charge is 0.377 e. The molecule has 0 heterocycles. The first-order chi connectivity index (χ1) is 7.35. The van der Waals surface area contributed by atoms with Crippen LogP contribution in [0.5, 0.6) is 0 Å². The van der Waals surface area contributed by atoms with Crippen LogP contribution < -0.4 is 10.2 Å². The molecular weight excluding hydrogens is 203 g/mol. The van der Waals surface area contributed by atoms with Gasteiger partial charge in [0.1, 0.15) is 5.82 Å². The molecule has 0 saturated carbocycles. The Morgan fingerprint density at radius 3 is 2.44 bits per heavy atom. The molecule has 1 aromatic rings. The molecule has 0 aliphatic rings. The molecule has 0 saturated heterocycles. The van der Waals surface area contributed by atoms with E-state index in [4.69, 9.17) is 0 Å². The van der Waals surface area contributed by atoms with Gasteiger partial charge >= 0.3 is 0 Å². The van der Waals surface area contributed by atoms with Crippen molar-refractivity contribution in [3.05, 3.63) is 29.6 Å². The highest BCUT2D eigenvalue weighted by atomic mass is 19.1. The van der Waals surface area contributed by atoms with Crippen LogP contribution in [0.2, 0.25) is 0 Å². The van der Waals surface area contributed by atoms with Crippen LogP contribution in [0.1, 0.15) is 19.4 Å². The minimum Gasteiger partial charge on any atom is -0.377 e. The van der Waals surface area contributed by atoms with Crippen LogP contribution in [-0.4, -0.2) is 26.7 Å². The van der Waals surface area contributed by atoms with Gasteiger partial charge in [-0.05, 0) is 51.1 Å². The number of nitrogens with one attached hydrogen (secondary N) is 1. The molecule has 0 bridgehead atoms. The Kier molecular flexibility index (Phi) is 3.92. The second-order valence-corrected chi connectivity index (χ2v) is 4.98. The predicted molar refractivity (Wildman–Crippen MR) is 67.6 cm³/mol. The molecule has 0 amide bonds. The fraction of sp³-hybridized carbons (Fsp3) is 0.538. The lowest BCUT2D eigenvalue weighted by Gasteiger charge is -2.27. The summed E-state index contributed by atoms with van der Waals surface area (Å²) in [6.45, 7) is 4.22. The Bertz CT molecular complexity index is 359. The molecule has 90 valence electrons. The summed E-state index contributed by atoms with van der Waals surface area (Å²) in [5, 5.41) is 3.23. The van der Waals surface area contributed by atoms with Crippen LogP contribution in [0.4, 0.5) is 10.1 Å². The first kappa shape index (κ1) is 13.0. The van der Waals surface area contributed by atoms with Gasteiger partial charge in [-0.15, -0.1) is 0 Å². The van der Waals surface area contributed by atoms with E-state index in [2.05, 4.69) is 19.2 Å². The quantitative estimate of drug-likeness (QED) is 0.845. The Morgan fingerprint density at radius 1 is 1.31 bits per heavy atom. The van der Waals surface area contributed by atoms with Crippen molar-refractivity contribution in [3.63, 3.8) is 0 Å². The van der Waals surface area contributed by atoms with Crippen molar-refractivity contribution < 1.29 is 4.39 Å². The molecule has 0 aliphatic carbocycles. The number of nitrogens with zero attached hydrogens (tertiary/aromatic N) is 1. The molecule has 2 nitrogen and oxygen atoms in total. The zero-order valence-electron chi connectivity index (χ0n) is 10.8. The van der Waals surface area contributed by atoms with Gasteiger partial charge < -0.3 is 10.2 Å². The lowest BCUT2D eigenvalue weighted by molar-refractivity contribution is 0.421. The molecule has 1 rings (SSSR count). The van der Waals surface area contributed by atoms with E-state index in [0.717, 1.165) is 17.7 Å². The summed E-state index contributed by atoms with van der Waals surface area (Å²) >= 11 is 0. The first-order valence-electron chi connectivity index (χ1n) is 5.50. The summed E-state index contributed by atoms with van der Waals surface area (Å²) < 4.78 is 13.3. The van der Waals surface area contributed by atoms with E-state index >= 15 is 0 Å². The number of anilines is 1. The smallest absolute Gasteiger partial charge is 0.123 e. The van der Waals surface area contributed by atoms with E-state index in [1.165, 1.54) is 6.07 Å². The molecule has 1 aromatic carbocycles. The number of benzene rings is 1.